The molecule has 0 amide bonds. The number of hydrogen-bond donors (Lipinski definition) is 2. The van der Waals surface area contributed by atoms with Crippen LogP contribution in [0.25, 0.3) is 0 Å². The molecule has 1 aromatic carbocycles. The van der Waals surface area contributed by atoms with Crippen molar-refractivity contribution in [1.29, 1.82) is 0 Å². The molecule has 116 valence electrons. The highest BCUT2D eigenvalue weighted by atomic mass is 15.1. The molecular formula is C17H28N4. The topological polar surface area (TPSA) is 53.6 Å². The molecule has 1 aliphatic rings. The van der Waals surface area contributed by atoms with Gasteiger partial charge in [-0.1, -0.05) is 13.0 Å². The molecule has 1 aromatic rings. The zero-order valence-electron chi connectivity index (χ0n) is 13.5. The summed E-state index contributed by atoms with van der Waals surface area (Å²) in [5.41, 5.74) is 9.53. The van der Waals surface area contributed by atoms with E-state index in [-0.39, 0.29) is 0 Å². The summed E-state index contributed by atoms with van der Waals surface area (Å²) in [5, 5.41) is 3.17. The van der Waals surface area contributed by atoms with Crippen LogP contribution in [0.4, 0.5) is 5.69 Å². The first-order valence-corrected chi connectivity index (χ1v) is 7.91. The van der Waals surface area contributed by atoms with Crippen molar-refractivity contribution in [3.05, 3.63) is 29.3 Å². The van der Waals surface area contributed by atoms with Crippen LogP contribution in [0.3, 0.4) is 0 Å². The molecule has 0 bridgehead atoms. The molecule has 0 aromatic heterocycles. The van der Waals surface area contributed by atoms with E-state index in [0.29, 0.717) is 11.9 Å². The van der Waals surface area contributed by atoms with Crippen molar-refractivity contribution in [2.45, 2.75) is 33.6 Å². The third-order valence-corrected chi connectivity index (χ3v) is 4.12. The first-order valence-electron chi connectivity index (χ1n) is 7.91. The molecule has 4 heteroatoms. The lowest BCUT2D eigenvalue weighted by atomic mass is 10.1. The van der Waals surface area contributed by atoms with Crippen LogP contribution >= 0.6 is 0 Å². The fraction of sp³-hybridized carbons (Fsp3) is 0.588. The van der Waals surface area contributed by atoms with Gasteiger partial charge in [0.15, 0.2) is 5.96 Å². The Morgan fingerprint density at radius 1 is 1.29 bits per heavy atom. The minimum atomic E-state index is 0.506. The predicted octanol–water partition coefficient (Wildman–Crippen LogP) is 2.76. The van der Waals surface area contributed by atoms with Crippen LogP contribution < -0.4 is 11.1 Å². The standard InChI is InChI=1S/C17H28N4/c1-13(12-21-8-4-5-9-21)11-19-17(18)20-16-7-6-14(2)15(3)10-16/h6-7,10,13H,4-5,8-9,11-12H2,1-3H3,(H3,18,19,20). The van der Waals surface area contributed by atoms with Crippen molar-refractivity contribution >= 4 is 11.6 Å². The zero-order valence-corrected chi connectivity index (χ0v) is 13.5. The highest BCUT2D eigenvalue weighted by Crippen LogP contribution is 2.14. The highest BCUT2D eigenvalue weighted by Gasteiger charge is 2.14. The molecule has 0 saturated carbocycles. The first kappa shape index (κ1) is 15.8. The number of anilines is 1. The third kappa shape index (κ3) is 5.05. The molecule has 0 spiro atoms. The minimum absolute atomic E-state index is 0.506. The van der Waals surface area contributed by atoms with E-state index in [1.54, 1.807) is 0 Å². The third-order valence-electron chi connectivity index (χ3n) is 4.12. The van der Waals surface area contributed by atoms with E-state index in [1.165, 1.54) is 37.1 Å². The molecule has 1 saturated heterocycles. The van der Waals surface area contributed by atoms with Crippen molar-refractivity contribution in [1.82, 2.24) is 4.90 Å². The van der Waals surface area contributed by atoms with Gasteiger partial charge in [0.25, 0.3) is 0 Å². The Morgan fingerprint density at radius 2 is 2.00 bits per heavy atom. The SMILES string of the molecule is Cc1ccc(NC(N)=NCC(C)CN2CCCC2)cc1C. The van der Waals surface area contributed by atoms with Gasteiger partial charge in [0.1, 0.15) is 0 Å². The predicted molar refractivity (Wildman–Crippen MR) is 90.9 cm³/mol. The molecular weight excluding hydrogens is 260 g/mol. The van der Waals surface area contributed by atoms with E-state index in [4.69, 9.17) is 5.73 Å². The van der Waals surface area contributed by atoms with E-state index in [1.807, 2.05) is 6.07 Å². The summed E-state index contributed by atoms with van der Waals surface area (Å²) in [7, 11) is 0. The van der Waals surface area contributed by atoms with E-state index in [9.17, 15) is 0 Å². The van der Waals surface area contributed by atoms with Crippen LogP contribution in [-0.4, -0.2) is 37.0 Å². The van der Waals surface area contributed by atoms with Gasteiger partial charge in [0.05, 0.1) is 0 Å². The quantitative estimate of drug-likeness (QED) is 0.647. The molecule has 1 aliphatic heterocycles. The van der Waals surface area contributed by atoms with Gasteiger partial charge in [0, 0.05) is 18.8 Å². The number of rotatable bonds is 5. The summed E-state index contributed by atoms with van der Waals surface area (Å²) in [4.78, 5) is 6.99. The van der Waals surface area contributed by atoms with Crippen LogP contribution in [0.2, 0.25) is 0 Å². The summed E-state index contributed by atoms with van der Waals surface area (Å²) < 4.78 is 0. The van der Waals surface area contributed by atoms with Crippen LogP contribution in [0, 0.1) is 19.8 Å². The van der Waals surface area contributed by atoms with Crippen LogP contribution in [0.5, 0.6) is 0 Å². The van der Waals surface area contributed by atoms with Crippen LogP contribution in [0.1, 0.15) is 30.9 Å². The van der Waals surface area contributed by atoms with E-state index in [2.05, 4.69) is 48.1 Å². The second-order valence-electron chi connectivity index (χ2n) is 6.26. The molecule has 21 heavy (non-hydrogen) atoms. The summed E-state index contributed by atoms with van der Waals surface area (Å²) in [5.74, 6) is 1.05. The number of likely N-dealkylation sites (tertiary alicyclic amines) is 1. The second kappa shape index (κ2) is 7.46. The molecule has 1 fully saturated rings. The lowest BCUT2D eigenvalue weighted by Crippen LogP contribution is -2.28. The molecule has 1 heterocycles. The Morgan fingerprint density at radius 3 is 2.67 bits per heavy atom. The van der Waals surface area contributed by atoms with Gasteiger partial charge in [-0.25, -0.2) is 0 Å². The number of aliphatic imine (C=N–C) groups is 1. The lowest BCUT2D eigenvalue weighted by molar-refractivity contribution is 0.292. The van der Waals surface area contributed by atoms with Crippen molar-refractivity contribution in [2.24, 2.45) is 16.6 Å². The Hall–Kier alpha value is -1.55. The molecule has 2 rings (SSSR count). The van der Waals surface area contributed by atoms with Gasteiger partial charge >= 0.3 is 0 Å². The van der Waals surface area contributed by atoms with E-state index >= 15 is 0 Å². The van der Waals surface area contributed by atoms with Crippen molar-refractivity contribution in [3.8, 4) is 0 Å². The zero-order chi connectivity index (χ0) is 15.2. The largest absolute Gasteiger partial charge is 0.370 e. The van der Waals surface area contributed by atoms with E-state index in [0.717, 1.165) is 18.8 Å². The fourth-order valence-corrected chi connectivity index (χ4v) is 2.72. The maximum Gasteiger partial charge on any atom is 0.193 e. The summed E-state index contributed by atoms with van der Waals surface area (Å²) in [6.45, 7) is 10.8. The maximum atomic E-state index is 5.98. The average molecular weight is 288 g/mol. The van der Waals surface area contributed by atoms with Gasteiger partial charge < -0.3 is 16.0 Å². The number of nitrogens with one attached hydrogen (secondary N) is 1. The molecule has 4 nitrogen and oxygen atoms in total. The van der Waals surface area contributed by atoms with Crippen molar-refractivity contribution < 1.29 is 0 Å². The Labute approximate surface area is 128 Å². The maximum absolute atomic E-state index is 5.98. The summed E-state index contributed by atoms with van der Waals surface area (Å²) in [6, 6.07) is 6.24. The number of guanidine groups is 1. The molecule has 0 aliphatic carbocycles. The average Bonchev–Trinajstić information content (AvgIpc) is 2.93. The van der Waals surface area contributed by atoms with Gasteiger partial charge in [-0.2, -0.15) is 0 Å². The fourth-order valence-electron chi connectivity index (χ4n) is 2.72. The number of nitrogens with zero attached hydrogens (tertiary/aromatic N) is 2. The number of benzene rings is 1. The first-order chi connectivity index (χ1) is 10.0. The van der Waals surface area contributed by atoms with E-state index < -0.39 is 0 Å². The van der Waals surface area contributed by atoms with Gasteiger partial charge in [-0.15, -0.1) is 0 Å². The Bertz CT molecular complexity index is 490. The Balaban J connectivity index is 1.81. The van der Waals surface area contributed by atoms with Crippen LogP contribution in [0.15, 0.2) is 23.2 Å². The lowest BCUT2D eigenvalue weighted by Gasteiger charge is -2.19. The van der Waals surface area contributed by atoms with Crippen LogP contribution in [-0.2, 0) is 0 Å². The molecule has 1 atom stereocenters. The Kier molecular flexibility index (Phi) is 5.62. The van der Waals surface area contributed by atoms with Gasteiger partial charge in [-0.3, -0.25) is 4.99 Å². The molecule has 1 unspecified atom stereocenters. The molecule has 3 N–H and O–H groups in total. The second-order valence-corrected chi connectivity index (χ2v) is 6.26. The summed E-state index contributed by atoms with van der Waals surface area (Å²) in [6.07, 6.45) is 2.68. The highest BCUT2D eigenvalue weighted by molar-refractivity contribution is 5.92. The van der Waals surface area contributed by atoms with Crippen molar-refractivity contribution in [2.75, 3.05) is 31.5 Å². The van der Waals surface area contributed by atoms with Gasteiger partial charge in [-0.05, 0) is 69.0 Å². The smallest absolute Gasteiger partial charge is 0.193 e. The van der Waals surface area contributed by atoms with Crippen molar-refractivity contribution in [3.63, 3.8) is 0 Å². The molecule has 0 radical (unpaired) electrons. The number of nitrogens with two attached hydrogens (primary N) is 1. The summed E-state index contributed by atoms with van der Waals surface area (Å²) >= 11 is 0. The van der Waals surface area contributed by atoms with Gasteiger partial charge in [0.2, 0.25) is 0 Å². The normalized spacial score (nSPS) is 18.0. The number of aryl methyl sites for hydroxylation is 2. The minimum Gasteiger partial charge on any atom is -0.370 e. The monoisotopic (exact) mass is 288 g/mol. The number of hydrogen-bond acceptors (Lipinski definition) is 2.